The van der Waals surface area contributed by atoms with Crippen LogP contribution in [0.5, 0.6) is 0 Å². The van der Waals surface area contributed by atoms with Crippen LogP contribution in [0, 0.1) is 5.92 Å². The Balaban J connectivity index is 1.71. The van der Waals surface area contributed by atoms with E-state index in [0.717, 1.165) is 31.8 Å². The molecule has 1 amide bonds. The van der Waals surface area contributed by atoms with Gasteiger partial charge in [-0.3, -0.25) is 0 Å². The highest BCUT2D eigenvalue weighted by molar-refractivity contribution is 5.67. The minimum atomic E-state index is -0.146. The van der Waals surface area contributed by atoms with Crippen LogP contribution >= 0.6 is 0 Å². The van der Waals surface area contributed by atoms with Crippen LogP contribution in [-0.4, -0.2) is 42.8 Å². The number of carbonyl (C=O) groups is 1. The van der Waals surface area contributed by atoms with Crippen molar-refractivity contribution in [3.63, 3.8) is 0 Å². The van der Waals surface area contributed by atoms with Gasteiger partial charge >= 0.3 is 6.09 Å². The highest BCUT2D eigenvalue weighted by Crippen LogP contribution is 2.26. The van der Waals surface area contributed by atoms with Crippen LogP contribution in [-0.2, 0) is 4.74 Å². The Labute approximate surface area is 129 Å². The fourth-order valence-electron chi connectivity index (χ4n) is 3.76. The molecule has 122 valence electrons. The summed E-state index contributed by atoms with van der Waals surface area (Å²) in [5.74, 6) is 0.843. The Morgan fingerprint density at radius 2 is 1.76 bits per heavy atom. The molecular formula is C17H32N2O2. The molecule has 1 aliphatic carbocycles. The number of piperidine rings is 1. The normalized spacial score (nSPS) is 23.6. The third-order valence-electron chi connectivity index (χ3n) is 5.13. The van der Waals surface area contributed by atoms with Gasteiger partial charge in [-0.05, 0) is 45.4 Å². The molecule has 0 unspecified atom stereocenters. The number of hydrogen-bond donors (Lipinski definition) is 1. The van der Waals surface area contributed by atoms with Crippen LogP contribution in [0.4, 0.5) is 4.79 Å². The van der Waals surface area contributed by atoms with E-state index in [-0.39, 0.29) is 6.09 Å². The minimum Gasteiger partial charge on any atom is -0.450 e. The van der Waals surface area contributed by atoms with E-state index < -0.39 is 0 Å². The maximum Gasteiger partial charge on any atom is 0.409 e. The summed E-state index contributed by atoms with van der Waals surface area (Å²) in [6.45, 7) is 6.34. The van der Waals surface area contributed by atoms with E-state index in [4.69, 9.17) is 4.74 Å². The Morgan fingerprint density at radius 3 is 2.33 bits per heavy atom. The van der Waals surface area contributed by atoms with Crippen LogP contribution < -0.4 is 5.32 Å². The van der Waals surface area contributed by atoms with Crippen molar-refractivity contribution >= 4 is 6.09 Å². The first-order valence-corrected chi connectivity index (χ1v) is 8.88. The summed E-state index contributed by atoms with van der Waals surface area (Å²) in [4.78, 5) is 13.5. The zero-order valence-corrected chi connectivity index (χ0v) is 13.8. The standard InChI is InChI=1S/C17H32N2O2/c1-3-21-17(20)19-12-10-16(11-13-19)18-14(2)15-8-6-4-5-7-9-15/h14-16,18H,3-13H2,1-2H3/t14-/m0/s1. The van der Waals surface area contributed by atoms with Crippen molar-refractivity contribution < 1.29 is 9.53 Å². The highest BCUT2D eigenvalue weighted by atomic mass is 16.6. The average Bonchev–Trinajstić information content (AvgIpc) is 2.77. The molecule has 2 fully saturated rings. The number of nitrogens with zero attached hydrogens (tertiary/aromatic N) is 1. The first kappa shape index (κ1) is 16.6. The lowest BCUT2D eigenvalue weighted by atomic mass is 9.91. The summed E-state index contributed by atoms with van der Waals surface area (Å²) < 4.78 is 5.07. The summed E-state index contributed by atoms with van der Waals surface area (Å²) in [5, 5.41) is 3.83. The molecule has 0 aromatic rings. The van der Waals surface area contributed by atoms with E-state index in [1.807, 2.05) is 11.8 Å². The smallest absolute Gasteiger partial charge is 0.409 e. The van der Waals surface area contributed by atoms with Gasteiger partial charge in [-0.15, -0.1) is 0 Å². The van der Waals surface area contributed by atoms with Crippen LogP contribution in [0.2, 0.25) is 0 Å². The molecule has 2 aliphatic rings. The molecule has 0 spiro atoms. The van der Waals surface area contributed by atoms with Crippen molar-refractivity contribution in [2.24, 2.45) is 5.92 Å². The van der Waals surface area contributed by atoms with E-state index in [1.165, 1.54) is 38.5 Å². The molecule has 1 aliphatic heterocycles. The molecule has 4 heteroatoms. The fourth-order valence-corrected chi connectivity index (χ4v) is 3.76. The van der Waals surface area contributed by atoms with E-state index in [1.54, 1.807) is 0 Å². The number of amides is 1. The van der Waals surface area contributed by atoms with Gasteiger partial charge in [0.2, 0.25) is 0 Å². The van der Waals surface area contributed by atoms with Crippen molar-refractivity contribution in [2.45, 2.75) is 77.3 Å². The zero-order valence-electron chi connectivity index (χ0n) is 13.8. The second-order valence-corrected chi connectivity index (χ2v) is 6.67. The quantitative estimate of drug-likeness (QED) is 0.807. The zero-order chi connectivity index (χ0) is 15.1. The number of likely N-dealkylation sites (tertiary alicyclic amines) is 1. The molecule has 1 atom stereocenters. The molecule has 0 bridgehead atoms. The summed E-state index contributed by atoms with van der Waals surface area (Å²) in [6.07, 6.45) is 10.4. The molecule has 4 nitrogen and oxygen atoms in total. The summed E-state index contributed by atoms with van der Waals surface area (Å²) in [5.41, 5.74) is 0. The maximum absolute atomic E-state index is 11.7. The lowest BCUT2D eigenvalue weighted by molar-refractivity contribution is 0.0934. The van der Waals surface area contributed by atoms with Gasteiger partial charge in [0, 0.05) is 25.2 Å². The van der Waals surface area contributed by atoms with Gasteiger partial charge in [0.05, 0.1) is 6.61 Å². The van der Waals surface area contributed by atoms with Gasteiger partial charge in [0.1, 0.15) is 0 Å². The fraction of sp³-hybridized carbons (Fsp3) is 0.941. The number of rotatable bonds is 4. The lowest BCUT2D eigenvalue weighted by Gasteiger charge is -2.35. The molecule has 1 heterocycles. The third-order valence-corrected chi connectivity index (χ3v) is 5.13. The molecule has 0 aromatic carbocycles. The van der Waals surface area contributed by atoms with E-state index in [2.05, 4.69) is 12.2 Å². The van der Waals surface area contributed by atoms with Crippen molar-refractivity contribution in [3.8, 4) is 0 Å². The highest BCUT2D eigenvalue weighted by Gasteiger charge is 2.26. The van der Waals surface area contributed by atoms with Gasteiger partial charge in [-0.25, -0.2) is 4.79 Å². The molecular weight excluding hydrogens is 264 g/mol. The van der Waals surface area contributed by atoms with Gasteiger partial charge in [0.25, 0.3) is 0 Å². The van der Waals surface area contributed by atoms with Crippen LogP contribution in [0.15, 0.2) is 0 Å². The Bertz CT molecular complexity index is 306. The van der Waals surface area contributed by atoms with E-state index >= 15 is 0 Å². The topological polar surface area (TPSA) is 41.6 Å². The Hall–Kier alpha value is -0.770. The largest absolute Gasteiger partial charge is 0.450 e. The molecule has 0 aromatic heterocycles. The number of hydrogen-bond acceptors (Lipinski definition) is 3. The SMILES string of the molecule is CCOC(=O)N1CCC(N[C@@H](C)C2CCCCCC2)CC1. The van der Waals surface area contributed by atoms with Gasteiger partial charge in [-0.2, -0.15) is 0 Å². The molecule has 2 rings (SSSR count). The maximum atomic E-state index is 11.7. The Morgan fingerprint density at radius 1 is 1.14 bits per heavy atom. The molecule has 1 saturated heterocycles. The number of carbonyl (C=O) groups excluding carboxylic acids is 1. The lowest BCUT2D eigenvalue weighted by Crippen LogP contribution is -2.48. The van der Waals surface area contributed by atoms with Crippen LogP contribution in [0.1, 0.15) is 65.2 Å². The second-order valence-electron chi connectivity index (χ2n) is 6.67. The molecule has 1 N–H and O–H groups in total. The summed E-state index contributed by atoms with van der Waals surface area (Å²) in [7, 11) is 0. The van der Waals surface area contributed by atoms with Crippen molar-refractivity contribution in [2.75, 3.05) is 19.7 Å². The Kier molecular flexibility index (Phi) is 6.81. The molecule has 21 heavy (non-hydrogen) atoms. The molecule has 0 radical (unpaired) electrons. The first-order valence-electron chi connectivity index (χ1n) is 8.88. The number of nitrogens with one attached hydrogen (secondary N) is 1. The van der Waals surface area contributed by atoms with Gasteiger partial charge < -0.3 is 15.0 Å². The number of ether oxygens (including phenoxy) is 1. The second kappa shape index (κ2) is 8.62. The molecule has 1 saturated carbocycles. The van der Waals surface area contributed by atoms with E-state index in [0.29, 0.717) is 18.7 Å². The van der Waals surface area contributed by atoms with E-state index in [9.17, 15) is 4.79 Å². The third kappa shape index (κ3) is 5.17. The van der Waals surface area contributed by atoms with Crippen molar-refractivity contribution in [3.05, 3.63) is 0 Å². The van der Waals surface area contributed by atoms with Gasteiger partial charge in [-0.1, -0.05) is 25.7 Å². The first-order chi connectivity index (χ1) is 10.2. The van der Waals surface area contributed by atoms with Crippen LogP contribution in [0.3, 0.4) is 0 Å². The minimum absolute atomic E-state index is 0.146. The van der Waals surface area contributed by atoms with Crippen molar-refractivity contribution in [1.82, 2.24) is 10.2 Å². The predicted molar refractivity (Wildman–Crippen MR) is 85.4 cm³/mol. The summed E-state index contributed by atoms with van der Waals surface area (Å²) in [6, 6.07) is 1.18. The monoisotopic (exact) mass is 296 g/mol. The van der Waals surface area contributed by atoms with Crippen LogP contribution in [0.25, 0.3) is 0 Å². The van der Waals surface area contributed by atoms with Crippen molar-refractivity contribution in [1.29, 1.82) is 0 Å². The van der Waals surface area contributed by atoms with Gasteiger partial charge in [0.15, 0.2) is 0 Å². The predicted octanol–water partition coefficient (Wildman–Crippen LogP) is 3.56. The summed E-state index contributed by atoms with van der Waals surface area (Å²) >= 11 is 0. The average molecular weight is 296 g/mol.